The van der Waals surface area contributed by atoms with E-state index in [1.165, 1.54) is 6.33 Å². The molecule has 0 fully saturated rings. The molecule has 0 bridgehead atoms. The minimum atomic E-state index is 0.0632. The SMILES string of the molecule is NC1COc2cccc(-c3cncnc3)c2C1. The van der Waals surface area contributed by atoms with E-state index in [0.717, 1.165) is 28.9 Å². The van der Waals surface area contributed by atoms with Crippen LogP contribution in [0.5, 0.6) is 5.75 Å². The molecule has 4 heteroatoms. The van der Waals surface area contributed by atoms with Gasteiger partial charge in [0.25, 0.3) is 0 Å². The summed E-state index contributed by atoms with van der Waals surface area (Å²) < 4.78 is 5.63. The van der Waals surface area contributed by atoms with E-state index in [2.05, 4.69) is 16.0 Å². The predicted molar refractivity (Wildman–Crippen MR) is 64.6 cm³/mol. The van der Waals surface area contributed by atoms with Crippen molar-refractivity contribution in [2.24, 2.45) is 5.73 Å². The van der Waals surface area contributed by atoms with Crippen LogP contribution >= 0.6 is 0 Å². The van der Waals surface area contributed by atoms with E-state index in [-0.39, 0.29) is 6.04 Å². The quantitative estimate of drug-likeness (QED) is 0.800. The van der Waals surface area contributed by atoms with Crippen LogP contribution in [0.2, 0.25) is 0 Å². The van der Waals surface area contributed by atoms with Crippen LogP contribution in [0.25, 0.3) is 11.1 Å². The number of rotatable bonds is 1. The summed E-state index contributed by atoms with van der Waals surface area (Å²) in [5.41, 5.74) is 9.21. The average molecular weight is 227 g/mol. The highest BCUT2D eigenvalue weighted by atomic mass is 16.5. The molecule has 4 nitrogen and oxygen atoms in total. The Kier molecular flexibility index (Phi) is 2.49. The molecule has 1 unspecified atom stereocenters. The lowest BCUT2D eigenvalue weighted by Crippen LogP contribution is -2.34. The average Bonchev–Trinajstić information content (AvgIpc) is 2.39. The van der Waals surface area contributed by atoms with Crippen molar-refractivity contribution in [2.45, 2.75) is 12.5 Å². The molecule has 0 aliphatic carbocycles. The van der Waals surface area contributed by atoms with Crippen LogP contribution < -0.4 is 10.5 Å². The molecule has 2 N–H and O–H groups in total. The Labute approximate surface area is 99.5 Å². The van der Waals surface area contributed by atoms with Crippen LogP contribution in [0, 0.1) is 0 Å². The lowest BCUT2D eigenvalue weighted by Gasteiger charge is -2.24. The van der Waals surface area contributed by atoms with Crippen molar-refractivity contribution in [1.82, 2.24) is 9.97 Å². The molecule has 0 saturated carbocycles. The Bertz CT molecular complexity index is 527. The van der Waals surface area contributed by atoms with Gasteiger partial charge in [-0.25, -0.2) is 9.97 Å². The van der Waals surface area contributed by atoms with Crippen LogP contribution in [-0.2, 0) is 6.42 Å². The van der Waals surface area contributed by atoms with Crippen molar-refractivity contribution in [3.8, 4) is 16.9 Å². The molecule has 0 radical (unpaired) electrons. The maximum Gasteiger partial charge on any atom is 0.123 e. The van der Waals surface area contributed by atoms with Gasteiger partial charge >= 0.3 is 0 Å². The van der Waals surface area contributed by atoms with Crippen molar-refractivity contribution < 1.29 is 4.74 Å². The molecule has 0 saturated heterocycles. The summed E-state index contributed by atoms with van der Waals surface area (Å²) in [6, 6.07) is 6.08. The van der Waals surface area contributed by atoms with Gasteiger partial charge in [0, 0.05) is 29.6 Å². The van der Waals surface area contributed by atoms with E-state index in [1.807, 2.05) is 24.5 Å². The van der Waals surface area contributed by atoms with Gasteiger partial charge in [0.05, 0.1) is 0 Å². The minimum Gasteiger partial charge on any atom is -0.492 e. The summed E-state index contributed by atoms with van der Waals surface area (Å²) in [6.07, 6.45) is 5.98. The summed E-state index contributed by atoms with van der Waals surface area (Å²) in [6.45, 7) is 0.585. The van der Waals surface area contributed by atoms with Gasteiger partial charge in [-0.05, 0) is 18.1 Å². The van der Waals surface area contributed by atoms with E-state index in [1.54, 1.807) is 0 Å². The zero-order chi connectivity index (χ0) is 11.7. The molecular formula is C13H13N3O. The van der Waals surface area contributed by atoms with Gasteiger partial charge in [-0.15, -0.1) is 0 Å². The van der Waals surface area contributed by atoms with Gasteiger partial charge in [-0.2, -0.15) is 0 Å². The second-order valence-corrected chi connectivity index (χ2v) is 4.18. The molecule has 17 heavy (non-hydrogen) atoms. The van der Waals surface area contributed by atoms with Gasteiger partial charge in [-0.3, -0.25) is 0 Å². The highest BCUT2D eigenvalue weighted by molar-refractivity contribution is 5.69. The van der Waals surface area contributed by atoms with Gasteiger partial charge in [0.15, 0.2) is 0 Å². The Morgan fingerprint density at radius 1 is 1.24 bits per heavy atom. The lowest BCUT2D eigenvalue weighted by molar-refractivity contribution is 0.264. The summed E-state index contributed by atoms with van der Waals surface area (Å²) in [7, 11) is 0. The van der Waals surface area contributed by atoms with Gasteiger partial charge < -0.3 is 10.5 Å². The monoisotopic (exact) mass is 227 g/mol. The van der Waals surface area contributed by atoms with Crippen LogP contribution in [0.15, 0.2) is 36.9 Å². The third kappa shape index (κ3) is 1.87. The first kappa shape index (κ1) is 10.2. The molecule has 0 spiro atoms. The van der Waals surface area contributed by atoms with Crippen LogP contribution in [-0.4, -0.2) is 22.6 Å². The van der Waals surface area contributed by atoms with Gasteiger partial charge in [0.2, 0.25) is 0 Å². The van der Waals surface area contributed by atoms with Crippen molar-refractivity contribution in [3.63, 3.8) is 0 Å². The van der Waals surface area contributed by atoms with Crippen molar-refractivity contribution >= 4 is 0 Å². The predicted octanol–water partition coefficient (Wildman–Crippen LogP) is 1.41. The first-order chi connectivity index (χ1) is 8.34. The molecular weight excluding hydrogens is 214 g/mol. The van der Waals surface area contributed by atoms with Gasteiger partial charge in [-0.1, -0.05) is 12.1 Å². The maximum atomic E-state index is 5.94. The highest BCUT2D eigenvalue weighted by Gasteiger charge is 2.20. The number of fused-ring (bicyclic) bond motifs is 1. The number of benzene rings is 1. The largest absolute Gasteiger partial charge is 0.492 e. The fourth-order valence-corrected chi connectivity index (χ4v) is 2.14. The molecule has 2 aromatic rings. The Balaban J connectivity index is 2.12. The molecule has 3 rings (SSSR count). The topological polar surface area (TPSA) is 61.0 Å². The number of nitrogens with two attached hydrogens (primary N) is 1. The molecule has 1 aromatic heterocycles. The van der Waals surface area contributed by atoms with Crippen LogP contribution in [0.3, 0.4) is 0 Å². The minimum absolute atomic E-state index is 0.0632. The lowest BCUT2D eigenvalue weighted by atomic mass is 9.94. The molecule has 1 aliphatic heterocycles. The van der Waals surface area contributed by atoms with Crippen molar-refractivity contribution in [1.29, 1.82) is 0 Å². The summed E-state index contributed by atoms with van der Waals surface area (Å²) in [5.74, 6) is 0.924. The first-order valence-corrected chi connectivity index (χ1v) is 5.60. The summed E-state index contributed by atoms with van der Waals surface area (Å²) in [4.78, 5) is 8.09. The number of hydrogen-bond donors (Lipinski definition) is 1. The molecule has 0 amide bonds. The van der Waals surface area contributed by atoms with Gasteiger partial charge in [0.1, 0.15) is 18.7 Å². The number of ether oxygens (including phenoxy) is 1. The molecule has 86 valence electrons. The van der Waals surface area contributed by atoms with E-state index in [9.17, 15) is 0 Å². The second kappa shape index (κ2) is 4.14. The third-order valence-electron chi connectivity index (χ3n) is 2.92. The molecule has 1 aromatic carbocycles. The van der Waals surface area contributed by atoms with E-state index < -0.39 is 0 Å². The number of aromatic nitrogens is 2. The zero-order valence-electron chi connectivity index (χ0n) is 9.34. The van der Waals surface area contributed by atoms with Crippen molar-refractivity contribution in [3.05, 3.63) is 42.5 Å². The number of hydrogen-bond acceptors (Lipinski definition) is 4. The van der Waals surface area contributed by atoms with Crippen LogP contribution in [0.1, 0.15) is 5.56 Å². The summed E-state index contributed by atoms with van der Waals surface area (Å²) in [5, 5.41) is 0. The molecule has 2 heterocycles. The Hall–Kier alpha value is -1.94. The summed E-state index contributed by atoms with van der Waals surface area (Å²) >= 11 is 0. The maximum absolute atomic E-state index is 5.94. The fraction of sp³-hybridized carbons (Fsp3) is 0.231. The smallest absolute Gasteiger partial charge is 0.123 e. The Morgan fingerprint density at radius 3 is 2.88 bits per heavy atom. The highest BCUT2D eigenvalue weighted by Crippen LogP contribution is 2.33. The first-order valence-electron chi connectivity index (χ1n) is 5.60. The Morgan fingerprint density at radius 2 is 2.06 bits per heavy atom. The van der Waals surface area contributed by atoms with E-state index in [4.69, 9.17) is 10.5 Å². The fourth-order valence-electron chi connectivity index (χ4n) is 2.14. The second-order valence-electron chi connectivity index (χ2n) is 4.18. The third-order valence-corrected chi connectivity index (χ3v) is 2.92. The van der Waals surface area contributed by atoms with Crippen molar-refractivity contribution in [2.75, 3.05) is 6.61 Å². The van der Waals surface area contributed by atoms with Crippen LogP contribution in [0.4, 0.5) is 0 Å². The normalized spacial score (nSPS) is 18.3. The molecule has 1 atom stereocenters. The van der Waals surface area contributed by atoms with E-state index >= 15 is 0 Å². The zero-order valence-corrected chi connectivity index (χ0v) is 9.34. The van der Waals surface area contributed by atoms with E-state index in [0.29, 0.717) is 6.61 Å². The number of nitrogens with zero attached hydrogens (tertiary/aromatic N) is 2. The standard InChI is InChI=1S/C13H13N3O/c14-10-4-12-11(9-5-15-8-16-6-9)2-1-3-13(12)17-7-10/h1-3,5-6,8,10H,4,7,14H2. The molecule has 1 aliphatic rings.